The number of carbonyl (C=O) groups is 1. The summed E-state index contributed by atoms with van der Waals surface area (Å²) in [5, 5.41) is 3.69. The minimum atomic E-state index is 0.121. The van der Waals surface area contributed by atoms with Crippen LogP contribution in [0.3, 0.4) is 0 Å². The quantitative estimate of drug-likeness (QED) is 0.620. The number of fused-ring (bicyclic) bond motifs is 1. The third kappa shape index (κ3) is 2.59. The summed E-state index contributed by atoms with van der Waals surface area (Å²) in [6, 6.07) is 0.896. The zero-order chi connectivity index (χ0) is 16.9. The van der Waals surface area contributed by atoms with Crippen molar-refractivity contribution >= 4 is 11.9 Å². The smallest absolute Gasteiger partial charge is 0.242 e. The fraction of sp³-hybridized carbons (Fsp3) is 0.889. The largest absolute Gasteiger partial charge is 0.377 e. The van der Waals surface area contributed by atoms with Gasteiger partial charge in [0.2, 0.25) is 5.91 Å². The lowest BCUT2D eigenvalue weighted by Crippen LogP contribution is -2.69. The van der Waals surface area contributed by atoms with E-state index in [1.54, 1.807) is 0 Å². The van der Waals surface area contributed by atoms with Crippen LogP contribution in [0.5, 0.6) is 0 Å². The summed E-state index contributed by atoms with van der Waals surface area (Å²) in [6.07, 6.45) is 3.85. The number of nitrogens with zero attached hydrogens (tertiary/aromatic N) is 3. The van der Waals surface area contributed by atoms with E-state index in [-0.39, 0.29) is 11.3 Å². The van der Waals surface area contributed by atoms with Gasteiger partial charge < -0.3 is 19.9 Å². The van der Waals surface area contributed by atoms with Crippen molar-refractivity contribution in [1.82, 2.24) is 15.1 Å². The number of nitrogens with one attached hydrogen (secondary N) is 1. The molecule has 134 valence electrons. The molecule has 4 rings (SSSR count). The summed E-state index contributed by atoms with van der Waals surface area (Å²) in [5.74, 6) is 1.74. The van der Waals surface area contributed by atoms with Gasteiger partial charge in [0.15, 0.2) is 5.96 Å². The lowest BCUT2D eigenvalue weighted by molar-refractivity contribution is -0.135. The molecule has 2 saturated heterocycles. The molecule has 6 heteroatoms. The van der Waals surface area contributed by atoms with E-state index in [0.717, 1.165) is 38.6 Å². The second kappa shape index (κ2) is 5.90. The van der Waals surface area contributed by atoms with Crippen molar-refractivity contribution in [1.29, 1.82) is 0 Å². The standard InChI is InChI=1S/C18H30N4O2/c1-4-19-17(20-15-13-7-10-24-16(13)18(15,2)3)21-8-9-22(12-5-6-12)14(23)11-21/h12-13,15-16H,4-11H2,1-3H3,(H,19,20). The summed E-state index contributed by atoms with van der Waals surface area (Å²) in [5.41, 5.74) is 0.121. The van der Waals surface area contributed by atoms with Crippen LogP contribution in [0.1, 0.15) is 40.0 Å². The Morgan fingerprint density at radius 1 is 1.33 bits per heavy atom. The van der Waals surface area contributed by atoms with Gasteiger partial charge in [-0.25, -0.2) is 0 Å². The van der Waals surface area contributed by atoms with Crippen LogP contribution < -0.4 is 5.32 Å². The van der Waals surface area contributed by atoms with Gasteiger partial charge in [-0.15, -0.1) is 0 Å². The molecule has 0 aromatic rings. The van der Waals surface area contributed by atoms with Gasteiger partial charge in [0.1, 0.15) is 0 Å². The molecule has 1 amide bonds. The Bertz CT molecular complexity index is 543. The summed E-state index contributed by atoms with van der Waals surface area (Å²) in [6.45, 7) is 10.4. The van der Waals surface area contributed by atoms with E-state index in [2.05, 4.69) is 40.9 Å². The average Bonchev–Trinajstić information content (AvgIpc) is 3.28. The number of rotatable bonds is 3. The highest BCUT2D eigenvalue weighted by atomic mass is 16.5. The van der Waals surface area contributed by atoms with E-state index in [4.69, 9.17) is 4.74 Å². The normalized spacial score (nSPS) is 35.7. The van der Waals surface area contributed by atoms with Crippen molar-refractivity contribution in [2.45, 2.75) is 58.2 Å². The maximum Gasteiger partial charge on any atom is 0.242 e. The van der Waals surface area contributed by atoms with Crippen molar-refractivity contribution < 1.29 is 9.53 Å². The number of amides is 1. The fourth-order valence-electron chi connectivity index (χ4n) is 4.78. The van der Waals surface area contributed by atoms with Gasteiger partial charge in [0, 0.05) is 49.7 Å². The second-order valence-corrected chi connectivity index (χ2v) is 8.23. The predicted molar refractivity (Wildman–Crippen MR) is 92.8 cm³/mol. The van der Waals surface area contributed by atoms with Crippen LogP contribution >= 0.6 is 0 Å². The molecule has 4 fully saturated rings. The molecule has 2 saturated carbocycles. The Hall–Kier alpha value is -1.30. The number of carbonyl (C=O) groups excluding carboxylic acids is 1. The molecule has 1 N–H and O–H groups in total. The first-order valence-electron chi connectivity index (χ1n) is 9.49. The number of aliphatic imine (C=N–C) groups is 1. The summed E-state index contributed by atoms with van der Waals surface area (Å²) >= 11 is 0. The van der Waals surface area contributed by atoms with Crippen molar-refractivity contribution in [2.75, 3.05) is 32.8 Å². The molecule has 3 atom stereocenters. The van der Waals surface area contributed by atoms with Gasteiger partial charge in [-0.1, -0.05) is 13.8 Å². The molecular weight excluding hydrogens is 304 g/mol. The molecule has 24 heavy (non-hydrogen) atoms. The lowest BCUT2D eigenvalue weighted by Gasteiger charge is -2.55. The molecule has 0 spiro atoms. The Labute approximate surface area is 144 Å². The molecule has 0 bridgehead atoms. The average molecular weight is 334 g/mol. The molecule has 6 nitrogen and oxygen atoms in total. The third-order valence-corrected chi connectivity index (χ3v) is 6.24. The Kier molecular flexibility index (Phi) is 3.98. The topological polar surface area (TPSA) is 57.2 Å². The van der Waals surface area contributed by atoms with E-state index < -0.39 is 0 Å². The van der Waals surface area contributed by atoms with Crippen LogP contribution in [-0.4, -0.2) is 72.6 Å². The number of ether oxygens (including phenoxy) is 1. The molecular formula is C18H30N4O2. The van der Waals surface area contributed by atoms with Gasteiger partial charge in [0.25, 0.3) is 0 Å². The van der Waals surface area contributed by atoms with E-state index in [9.17, 15) is 4.79 Å². The van der Waals surface area contributed by atoms with Crippen LogP contribution in [0.4, 0.5) is 0 Å². The van der Waals surface area contributed by atoms with Crippen molar-refractivity contribution in [3.8, 4) is 0 Å². The van der Waals surface area contributed by atoms with E-state index in [1.807, 2.05) is 0 Å². The van der Waals surface area contributed by atoms with E-state index in [1.165, 1.54) is 12.8 Å². The van der Waals surface area contributed by atoms with Crippen molar-refractivity contribution in [2.24, 2.45) is 16.3 Å². The molecule has 0 aromatic heterocycles. The van der Waals surface area contributed by atoms with E-state index >= 15 is 0 Å². The highest BCUT2D eigenvalue weighted by Gasteiger charge is 2.59. The zero-order valence-corrected chi connectivity index (χ0v) is 15.1. The number of guanidine groups is 1. The summed E-state index contributed by atoms with van der Waals surface area (Å²) in [7, 11) is 0. The maximum absolute atomic E-state index is 12.5. The molecule has 4 aliphatic rings. The summed E-state index contributed by atoms with van der Waals surface area (Å²) in [4.78, 5) is 21.4. The molecule has 0 aromatic carbocycles. The highest BCUT2D eigenvalue weighted by molar-refractivity contribution is 5.88. The minimum Gasteiger partial charge on any atom is -0.377 e. The van der Waals surface area contributed by atoms with Crippen LogP contribution in [-0.2, 0) is 9.53 Å². The van der Waals surface area contributed by atoms with Gasteiger partial charge in [-0.3, -0.25) is 9.79 Å². The number of hydrogen-bond donors (Lipinski definition) is 1. The van der Waals surface area contributed by atoms with Crippen LogP contribution in [0.15, 0.2) is 4.99 Å². The Balaban J connectivity index is 1.43. The van der Waals surface area contributed by atoms with Crippen LogP contribution in [0, 0.1) is 11.3 Å². The number of piperazine rings is 1. The monoisotopic (exact) mass is 334 g/mol. The van der Waals surface area contributed by atoms with Gasteiger partial charge in [-0.05, 0) is 26.2 Å². The molecule has 0 radical (unpaired) electrons. The van der Waals surface area contributed by atoms with Crippen molar-refractivity contribution in [3.05, 3.63) is 0 Å². The van der Waals surface area contributed by atoms with Crippen molar-refractivity contribution in [3.63, 3.8) is 0 Å². The summed E-state index contributed by atoms with van der Waals surface area (Å²) < 4.78 is 5.89. The zero-order valence-electron chi connectivity index (χ0n) is 15.1. The first-order valence-corrected chi connectivity index (χ1v) is 9.49. The van der Waals surface area contributed by atoms with Crippen LogP contribution in [0.25, 0.3) is 0 Å². The predicted octanol–water partition coefficient (Wildman–Crippen LogP) is 1.07. The van der Waals surface area contributed by atoms with Gasteiger partial charge >= 0.3 is 0 Å². The SMILES string of the molecule is CCN=C(NC1C2CCOC2C1(C)C)N1CCN(C2CC2)C(=O)C1. The second-order valence-electron chi connectivity index (χ2n) is 8.23. The van der Waals surface area contributed by atoms with Gasteiger partial charge in [-0.2, -0.15) is 0 Å². The minimum absolute atomic E-state index is 0.121. The molecule has 3 unspecified atom stereocenters. The van der Waals surface area contributed by atoms with Crippen LogP contribution in [0.2, 0.25) is 0 Å². The molecule has 2 aliphatic heterocycles. The Morgan fingerprint density at radius 2 is 2.12 bits per heavy atom. The fourth-order valence-corrected chi connectivity index (χ4v) is 4.78. The lowest BCUT2D eigenvalue weighted by atomic mass is 9.57. The first-order chi connectivity index (χ1) is 11.5. The highest BCUT2D eigenvalue weighted by Crippen LogP contribution is 2.52. The maximum atomic E-state index is 12.5. The Morgan fingerprint density at radius 3 is 2.79 bits per heavy atom. The molecule has 2 aliphatic carbocycles. The van der Waals surface area contributed by atoms with E-state index in [0.29, 0.717) is 30.7 Å². The molecule has 2 heterocycles. The van der Waals surface area contributed by atoms with Gasteiger partial charge in [0.05, 0.1) is 12.6 Å². The first kappa shape index (κ1) is 16.2. The third-order valence-electron chi connectivity index (χ3n) is 6.24. The number of hydrogen-bond acceptors (Lipinski definition) is 3.